The van der Waals surface area contributed by atoms with Crippen LogP contribution in [0.15, 0.2) is 0 Å². The molecule has 0 radical (unpaired) electrons. The number of hydrogen-bond acceptors (Lipinski definition) is 9. The van der Waals surface area contributed by atoms with Crippen molar-refractivity contribution in [2.75, 3.05) is 0 Å². The molecule has 1 saturated heterocycles. The standard InChI is InChI=1S/C34H63NO9/c1-17(2)30-34(42)44-33(20(5)12-18(3)28(39)15-27(38)16-29(40)35-30)23(8)14-22(7)32(43-26(11)37)21(6)13-19(4)31(41)24(9)25(10)36/h17-25,27-28,30-33,36,38-39,41H,12-16H2,1-11H3,(H,35,40). The lowest BCUT2D eigenvalue weighted by Crippen LogP contribution is -2.48. The molecular formula is C34H63NO9. The van der Waals surface area contributed by atoms with Gasteiger partial charge in [-0.05, 0) is 74.0 Å². The molecule has 14 atom stereocenters. The highest BCUT2D eigenvalue weighted by molar-refractivity contribution is 5.85. The van der Waals surface area contributed by atoms with E-state index < -0.39 is 60.5 Å². The summed E-state index contributed by atoms with van der Waals surface area (Å²) in [5.41, 5.74) is 0. The van der Waals surface area contributed by atoms with Gasteiger partial charge in [-0.25, -0.2) is 4.79 Å². The van der Waals surface area contributed by atoms with Gasteiger partial charge in [0.1, 0.15) is 18.2 Å². The number of nitrogens with one attached hydrogen (secondary N) is 1. The number of rotatable bonds is 12. The summed E-state index contributed by atoms with van der Waals surface area (Å²) in [6.45, 7) is 20.3. The van der Waals surface area contributed by atoms with Crippen LogP contribution in [0.4, 0.5) is 0 Å². The number of hydrogen-bond donors (Lipinski definition) is 5. The van der Waals surface area contributed by atoms with E-state index in [-0.39, 0.29) is 60.2 Å². The van der Waals surface area contributed by atoms with Crippen molar-refractivity contribution < 1.29 is 44.3 Å². The van der Waals surface area contributed by atoms with Crippen LogP contribution in [0.25, 0.3) is 0 Å². The first-order valence-corrected chi connectivity index (χ1v) is 16.7. The number of esters is 2. The Balaban J connectivity index is 3.26. The lowest BCUT2D eigenvalue weighted by Gasteiger charge is -2.37. The summed E-state index contributed by atoms with van der Waals surface area (Å²) >= 11 is 0. The summed E-state index contributed by atoms with van der Waals surface area (Å²) in [7, 11) is 0. The zero-order chi connectivity index (χ0) is 34.0. The van der Waals surface area contributed by atoms with Gasteiger partial charge in [-0.3, -0.25) is 9.59 Å². The summed E-state index contributed by atoms with van der Waals surface area (Å²) in [6.07, 6.45) is -2.65. The Bertz CT molecular complexity index is 896. The topological polar surface area (TPSA) is 163 Å². The first-order valence-electron chi connectivity index (χ1n) is 16.7. The predicted octanol–water partition coefficient (Wildman–Crippen LogP) is 3.85. The fraction of sp³-hybridized carbons (Fsp3) is 0.912. The molecule has 0 aromatic heterocycles. The molecule has 1 amide bonds. The average Bonchev–Trinajstić information content (AvgIpc) is 2.91. The summed E-state index contributed by atoms with van der Waals surface area (Å²) in [4.78, 5) is 38.3. The zero-order valence-corrected chi connectivity index (χ0v) is 29.0. The maximum absolute atomic E-state index is 13.5. The molecule has 14 unspecified atom stereocenters. The molecule has 1 aliphatic rings. The second kappa shape index (κ2) is 18.4. The lowest BCUT2D eigenvalue weighted by atomic mass is 9.77. The minimum Gasteiger partial charge on any atom is -0.462 e. The Labute approximate surface area is 265 Å². The van der Waals surface area contributed by atoms with Crippen LogP contribution in [0.5, 0.6) is 0 Å². The van der Waals surface area contributed by atoms with Crippen LogP contribution in [-0.2, 0) is 23.9 Å². The molecule has 1 rings (SSSR count). The highest BCUT2D eigenvalue weighted by Crippen LogP contribution is 2.34. The monoisotopic (exact) mass is 629 g/mol. The molecule has 1 heterocycles. The molecule has 44 heavy (non-hydrogen) atoms. The van der Waals surface area contributed by atoms with Gasteiger partial charge >= 0.3 is 11.9 Å². The van der Waals surface area contributed by atoms with Crippen molar-refractivity contribution in [2.24, 2.45) is 47.3 Å². The molecule has 10 heteroatoms. The Morgan fingerprint density at radius 3 is 2.00 bits per heavy atom. The Kier molecular flexibility index (Phi) is 16.9. The van der Waals surface area contributed by atoms with Crippen molar-refractivity contribution in [3.8, 4) is 0 Å². The average molecular weight is 630 g/mol. The molecular weight excluding hydrogens is 566 g/mol. The van der Waals surface area contributed by atoms with Gasteiger partial charge in [0, 0.05) is 12.8 Å². The number of ether oxygens (including phenoxy) is 2. The molecule has 258 valence electrons. The maximum atomic E-state index is 13.5. The second-order valence-corrected chi connectivity index (χ2v) is 14.6. The van der Waals surface area contributed by atoms with E-state index in [9.17, 15) is 34.8 Å². The van der Waals surface area contributed by atoms with Crippen LogP contribution in [0.1, 0.15) is 108 Å². The van der Waals surface area contributed by atoms with Crippen molar-refractivity contribution in [2.45, 2.75) is 151 Å². The molecule has 0 aromatic carbocycles. The van der Waals surface area contributed by atoms with Crippen molar-refractivity contribution in [3.63, 3.8) is 0 Å². The molecule has 1 aliphatic heterocycles. The highest BCUT2D eigenvalue weighted by atomic mass is 16.5. The summed E-state index contributed by atoms with van der Waals surface area (Å²) in [5, 5.41) is 44.7. The third kappa shape index (κ3) is 12.6. The first kappa shape index (κ1) is 40.3. The lowest BCUT2D eigenvalue weighted by molar-refractivity contribution is -0.161. The fourth-order valence-corrected chi connectivity index (χ4v) is 6.92. The van der Waals surface area contributed by atoms with E-state index in [1.807, 2.05) is 62.3 Å². The number of aliphatic hydroxyl groups excluding tert-OH is 4. The van der Waals surface area contributed by atoms with Crippen LogP contribution >= 0.6 is 0 Å². The van der Waals surface area contributed by atoms with Gasteiger partial charge in [-0.2, -0.15) is 0 Å². The minimum absolute atomic E-state index is 0.0603. The quantitative estimate of drug-likeness (QED) is 0.202. The maximum Gasteiger partial charge on any atom is 0.329 e. The van der Waals surface area contributed by atoms with E-state index in [2.05, 4.69) is 5.32 Å². The number of aliphatic hydroxyl groups is 4. The van der Waals surface area contributed by atoms with Crippen molar-refractivity contribution in [1.82, 2.24) is 5.32 Å². The number of carbonyl (C=O) groups excluding carboxylic acids is 3. The van der Waals surface area contributed by atoms with E-state index >= 15 is 0 Å². The Hall–Kier alpha value is -1.75. The fourth-order valence-electron chi connectivity index (χ4n) is 6.92. The summed E-state index contributed by atoms with van der Waals surface area (Å²) < 4.78 is 12.0. The Morgan fingerprint density at radius 2 is 1.48 bits per heavy atom. The number of carbonyl (C=O) groups is 3. The van der Waals surface area contributed by atoms with E-state index in [1.165, 1.54) is 6.92 Å². The van der Waals surface area contributed by atoms with Crippen LogP contribution in [0.2, 0.25) is 0 Å². The van der Waals surface area contributed by atoms with Crippen LogP contribution in [-0.4, -0.2) is 80.9 Å². The SMILES string of the molecule is CC(=O)OC(C(C)CC(C)C(O)C(C)C(C)O)C(C)CC(C)C1OC(=O)C(C(C)C)NC(=O)CC(O)CC(O)C(C)CC1C. The molecule has 10 nitrogen and oxygen atoms in total. The van der Waals surface area contributed by atoms with E-state index in [0.717, 1.165) is 0 Å². The van der Waals surface area contributed by atoms with Gasteiger partial charge in [-0.15, -0.1) is 0 Å². The minimum atomic E-state index is -1.03. The molecule has 5 N–H and O–H groups in total. The molecule has 0 aliphatic carbocycles. The summed E-state index contributed by atoms with van der Waals surface area (Å²) in [5.74, 6) is -2.79. The predicted molar refractivity (Wildman–Crippen MR) is 169 cm³/mol. The van der Waals surface area contributed by atoms with Crippen LogP contribution in [0, 0.1) is 47.3 Å². The van der Waals surface area contributed by atoms with Gasteiger partial charge < -0.3 is 35.2 Å². The number of amides is 1. The van der Waals surface area contributed by atoms with Gasteiger partial charge in [-0.1, -0.05) is 62.3 Å². The molecule has 1 fully saturated rings. The largest absolute Gasteiger partial charge is 0.462 e. The first-order chi connectivity index (χ1) is 20.3. The highest BCUT2D eigenvalue weighted by Gasteiger charge is 2.38. The van der Waals surface area contributed by atoms with Crippen LogP contribution in [0.3, 0.4) is 0 Å². The second-order valence-electron chi connectivity index (χ2n) is 14.6. The van der Waals surface area contributed by atoms with Gasteiger partial charge in [0.05, 0.1) is 30.8 Å². The number of cyclic esters (lactones) is 1. The van der Waals surface area contributed by atoms with Crippen LogP contribution < -0.4 is 5.32 Å². The molecule has 0 spiro atoms. The normalized spacial score (nSPS) is 31.5. The molecule has 0 saturated carbocycles. The molecule has 0 aromatic rings. The van der Waals surface area contributed by atoms with Crippen molar-refractivity contribution in [3.05, 3.63) is 0 Å². The third-order valence-electron chi connectivity index (χ3n) is 9.74. The van der Waals surface area contributed by atoms with E-state index in [0.29, 0.717) is 19.3 Å². The van der Waals surface area contributed by atoms with Gasteiger partial charge in [0.25, 0.3) is 0 Å². The Morgan fingerprint density at radius 1 is 0.909 bits per heavy atom. The van der Waals surface area contributed by atoms with Crippen molar-refractivity contribution in [1.29, 1.82) is 0 Å². The third-order valence-corrected chi connectivity index (χ3v) is 9.74. The van der Waals surface area contributed by atoms with Crippen molar-refractivity contribution >= 4 is 17.8 Å². The smallest absolute Gasteiger partial charge is 0.329 e. The zero-order valence-electron chi connectivity index (χ0n) is 29.0. The van der Waals surface area contributed by atoms with Gasteiger partial charge in [0.2, 0.25) is 5.91 Å². The molecule has 0 bridgehead atoms. The summed E-state index contributed by atoms with van der Waals surface area (Å²) in [6, 6.07) is -0.886. The van der Waals surface area contributed by atoms with E-state index in [1.54, 1.807) is 6.92 Å². The van der Waals surface area contributed by atoms with E-state index in [4.69, 9.17) is 9.47 Å². The van der Waals surface area contributed by atoms with Gasteiger partial charge in [0.15, 0.2) is 0 Å².